The van der Waals surface area contributed by atoms with Gasteiger partial charge in [0.05, 0.1) is 24.9 Å². The van der Waals surface area contributed by atoms with Crippen LogP contribution in [-0.4, -0.2) is 75.8 Å². The van der Waals surface area contributed by atoms with Gasteiger partial charge in [-0.15, -0.1) is 0 Å². The van der Waals surface area contributed by atoms with Crippen LogP contribution < -0.4 is 0 Å². The number of ether oxygens (including phenoxy) is 5. The highest BCUT2D eigenvalue weighted by atomic mass is 28.4. The summed E-state index contributed by atoms with van der Waals surface area (Å²) in [5.74, 6) is -3.51. The first kappa shape index (κ1) is 38.5. The number of hydrogen-bond donors (Lipinski definition) is 1. The van der Waals surface area contributed by atoms with Crippen LogP contribution in [0.15, 0.2) is 54.1 Å². The monoisotopic (exact) mass is 648 g/mol. The van der Waals surface area contributed by atoms with Gasteiger partial charge in [-0.1, -0.05) is 71.0 Å². The highest BCUT2D eigenvalue weighted by Crippen LogP contribution is 2.49. The molecule has 1 aliphatic rings. The number of benzene rings is 1. The van der Waals surface area contributed by atoms with Gasteiger partial charge in [0, 0.05) is 31.9 Å². The Hall–Kier alpha value is -2.67. The smallest absolute Gasteiger partial charge is 0.328 e. The third-order valence-corrected chi connectivity index (χ3v) is 13.2. The average Bonchev–Trinajstić information content (AvgIpc) is 2.94. The fourth-order valence-electron chi connectivity index (χ4n) is 5.16. The molecule has 2 rings (SSSR count). The molecular formula is C34H52O10Si. The van der Waals surface area contributed by atoms with E-state index < -0.39 is 55.9 Å². The minimum atomic E-state index is -2.33. The molecule has 10 nitrogen and oxygen atoms in total. The number of carboxylic acids is 1. The van der Waals surface area contributed by atoms with Gasteiger partial charge in [-0.05, 0) is 48.7 Å². The second-order valence-corrected chi connectivity index (χ2v) is 18.3. The van der Waals surface area contributed by atoms with Crippen LogP contribution >= 0.6 is 0 Å². The van der Waals surface area contributed by atoms with Crippen LogP contribution in [0.2, 0.25) is 18.1 Å². The number of aldehydes is 1. The van der Waals surface area contributed by atoms with Crippen molar-refractivity contribution in [2.24, 2.45) is 5.41 Å². The summed E-state index contributed by atoms with van der Waals surface area (Å²) >= 11 is 0. The summed E-state index contributed by atoms with van der Waals surface area (Å²) in [4.78, 5) is 35.6. The Morgan fingerprint density at radius 3 is 2.33 bits per heavy atom. The second kappa shape index (κ2) is 16.2. The minimum Gasteiger partial charge on any atom is -0.478 e. The van der Waals surface area contributed by atoms with E-state index in [1.807, 2.05) is 37.3 Å². The van der Waals surface area contributed by atoms with E-state index in [1.165, 1.54) is 20.1 Å². The third-order valence-electron chi connectivity index (χ3n) is 8.67. The van der Waals surface area contributed by atoms with E-state index in [4.69, 9.17) is 28.1 Å². The van der Waals surface area contributed by atoms with Gasteiger partial charge < -0.3 is 33.2 Å². The van der Waals surface area contributed by atoms with Gasteiger partial charge in [-0.2, -0.15) is 0 Å². The lowest BCUT2D eigenvalue weighted by Gasteiger charge is -2.53. The van der Waals surface area contributed by atoms with Gasteiger partial charge in [0.2, 0.25) is 5.79 Å². The molecule has 0 radical (unpaired) electrons. The molecule has 0 aromatic heterocycles. The highest BCUT2D eigenvalue weighted by molar-refractivity contribution is 6.74. The molecule has 0 bridgehead atoms. The van der Waals surface area contributed by atoms with Crippen molar-refractivity contribution in [2.45, 2.75) is 116 Å². The zero-order valence-electron chi connectivity index (χ0n) is 28.5. The van der Waals surface area contributed by atoms with E-state index >= 15 is 0 Å². The van der Waals surface area contributed by atoms with Crippen molar-refractivity contribution in [3.05, 3.63) is 59.7 Å². The number of carbonyl (C=O) groups is 3. The van der Waals surface area contributed by atoms with Crippen LogP contribution in [0.5, 0.6) is 0 Å². The molecule has 0 saturated carbocycles. The molecule has 1 aromatic rings. The predicted molar refractivity (Wildman–Crippen MR) is 173 cm³/mol. The number of esters is 1. The Morgan fingerprint density at radius 1 is 1.16 bits per heavy atom. The molecule has 0 unspecified atom stereocenters. The normalized spacial score (nSPS) is 23.6. The second-order valence-electron chi connectivity index (χ2n) is 13.6. The summed E-state index contributed by atoms with van der Waals surface area (Å²) in [5, 5.41) is 9.69. The highest BCUT2D eigenvalue weighted by Gasteiger charge is 2.59. The summed E-state index contributed by atoms with van der Waals surface area (Å²) in [6, 6.07) is 9.80. The van der Waals surface area contributed by atoms with Crippen LogP contribution in [0.1, 0.15) is 66.9 Å². The Kier molecular flexibility index (Phi) is 13.9. The van der Waals surface area contributed by atoms with E-state index in [2.05, 4.69) is 33.9 Å². The van der Waals surface area contributed by atoms with Crippen LogP contribution in [0, 0.1) is 5.41 Å². The maximum atomic E-state index is 12.3. The number of aliphatic carboxylic acids is 1. The molecule has 0 spiro atoms. The van der Waals surface area contributed by atoms with E-state index in [9.17, 15) is 19.5 Å². The number of allylic oxidation sites excluding steroid dienone is 1. The van der Waals surface area contributed by atoms with Gasteiger partial charge in [-0.25, -0.2) is 4.79 Å². The Morgan fingerprint density at radius 2 is 1.80 bits per heavy atom. The maximum absolute atomic E-state index is 12.3. The number of methoxy groups -OCH3 is 1. The molecule has 11 heteroatoms. The Bertz CT molecular complexity index is 1190. The molecule has 1 fully saturated rings. The fraction of sp³-hybridized carbons (Fsp3) is 0.618. The summed E-state index contributed by atoms with van der Waals surface area (Å²) in [5.41, 5.74) is 0.289. The van der Waals surface area contributed by atoms with Crippen molar-refractivity contribution >= 4 is 26.5 Å². The molecule has 1 heterocycles. The lowest BCUT2D eigenvalue weighted by Crippen LogP contribution is -2.63. The summed E-state index contributed by atoms with van der Waals surface area (Å²) < 4.78 is 37.3. The molecule has 0 aliphatic carbocycles. The van der Waals surface area contributed by atoms with Gasteiger partial charge in [0.15, 0.2) is 14.4 Å². The summed E-state index contributed by atoms with van der Waals surface area (Å²) in [7, 11) is -0.918. The average molecular weight is 649 g/mol. The quantitative estimate of drug-likeness (QED) is 0.0553. The minimum absolute atomic E-state index is 0.0448. The molecule has 1 aromatic carbocycles. The molecule has 0 amide bonds. The fourth-order valence-corrected chi connectivity index (χ4v) is 6.56. The molecule has 1 aliphatic heterocycles. The molecule has 1 N–H and O–H groups in total. The van der Waals surface area contributed by atoms with Crippen molar-refractivity contribution in [3.63, 3.8) is 0 Å². The first-order valence-electron chi connectivity index (χ1n) is 15.3. The zero-order chi connectivity index (χ0) is 34.1. The Labute approximate surface area is 269 Å². The van der Waals surface area contributed by atoms with E-state index in [0.29, 0.717) is 24.9 Å². The van der Waals surface area contributed by atoms with Crippen LogP contribution in [-0.2, 0) is 49.1 Å². The largest absolute Gasteiger partial charge is 0.478 e. The Balaban J connectivity index is 2.48. The number of rotatable bonds is 16. The van der Waals surface area contributed by atoms with Crippen molar-refractivity contribution in [1.82, 2.24) is 0 Å². The third kappa shape index (κ3) is 10.4. The molecule has 45 heavy (non-hydrogen) atoms. The van der Waals surface area contributed by atoms with E-state index in [0.717, 1.165) is 11.6 Å². The molecule has 5 atom stereocenters. The lowest BCUT2D eigenvalue weighted by molar-refractivity contribution is -0.338. The van der Waals surface area contributed by atoms with Gasteiger partial charge in [0.1, 0.15) is 13.1 Å². The predicted octanol–water partition coefficient (Wildman–Crippen LogP) is 6.20. The number of carboxylic acid groups (broad SMARTS) is 1. The number of carbonyl (C=O) groups excluding carboxylic acids is 2. The topological polar surface area (TPSA) is 127 Å². The molecule has 252 valence electrons. The van der Waals surface area contributed by atoms with E-state index in [-0.39, 0.29) is 18.3 Å². The van der Waals surface area contributed by atoms with Gasteiger partial charge in [-0.3, -0.25) is 9.59 Å². The summed E-state index contributed by atoms with van der Waals surface area (Å²) in [6.45, 7) is 17.9. The van der Waals surface area contributed by atoms with Crippen LogP contribution in [0.25, 0.3) is 0 Å². The van der Waals surface area contributed by atoms with Gasteiger partial charge in [0.25, 0.3) is 0 Å². The van der Waals surface area contributed by atoms with Crippen molar-refractivity contribution in [2.75, 3.05) is 13.9 Å². The van der Waals surface area contributed by atoms with E-state index in [1.54, 1.807) is 19.9 Å². The zero-order valence-corrected chi connectivity index (χ0v) is 29.5. The maximum Gasteiger partial charge on any atom is 0.328 e. The first-order valence-corrected chi connectivity index (χ1v) is 18.2. The van der Waals surface area contributed by atoms with Crippen LogP contribution in [0.4, 0.5) is 0 Å². The lowest BCUT2D eigenvalue weighted by atomic mass is 9.74. The molecule has 1 saturated heterocycles. The van der Waals surface area contributed by atoms with Gasteiger partial charge >= 0.3 is 11.9 Å². The van der Waals surface area contributed by atoms with Crippen molar-refractivity contribution < 1.29 is 47.6 Å². The van der Waals surface area contributed by atoms with Crippen LogP contribution in [0.3, 0.4) is 0 Å². The summed E-state index contributed by atoms with van der Waals surface area (Å²) in [6.07, 6.45) is 2.32. The standard InChI is InChI=1S/C34H52O10Si/c1-24(41-23-40-22-26-15-12-11-13-16-26)29(44-45(9,10)32(3,4)5)21-28-19-27(20-30(37)38)31(42-25(2)36)34(39-8,43-28)33(6,7)17-14-18-35/h11-18,20,24,28-29,31H,19,21-23H2,1-10H3,(H,37,38)/b17-14+,27-20?/t24-,28+,29-,31+,34-/m1/s1. The number of hydrogen-bond acceptors (Lipinski definition) is 9. The first-order chi connectivity index (χ1) is 20.9. The SMILES string of the molecule is CO[C@@]1(C(C)(C)/C=C/C=O)O[C@H](C[C@@H](O[Si](C)(C)C(C)(C)C)[C@@H](C)OCOCc2ccccc2)CC(=CC(=O)O)[C@@H]1OC(C)=O. The van der Waals surface area contributed by atoms with Crippen molar-refractivity contribution in [1.29, 1.82) is 0 Å². The van der Waals surface area contributed by atoms with Crippen molar-refractivity contribution in [3.8, 4) is 0 Å². The molecular weight excluding hydrogens is 596 g/mol.